The lowest BCUT2D eigenvalue weighted by molar-refractivity contribution is 0.606. The summed E-state index contributed by atoms with van der Waals surface area (Å²) in [6.07, 6.45) is 11.0. The standard InChI is InChI=1S/C9H17N/c1-2-3-8-10-9-6-4-5-7-9/h3,8-10H,2,4-7H2,1H3/b8-3+. The van der Waals surface area contributed by atoms with Crippen LogP contribution in [0.2, 0.25) is 0 Å². The van der Waals surface area contributed by atoms with Crippen molar-refractivity contribution in [3.63, 3.8) is 0 Å². The second-order valence-electron chi connectivity index (χ2n) is 2.96. The molecule has 1 aliphatic carbocycles. The smallest absolute Gasteiger partial charge is 0.0255 e. The van der Waals surface area contributed by atoms with Crippen molar-refractivity contribution in [3.8, 4) is 0 Å². The maximum Gasteiger partial charge on any atom is 0.0255 e. The first kappa shape index (κ1) is 7.64. The molecular weight excluding hydrogens is 122 g/mol. The molecule has 1 fully saturated rings. The summed E-state index contributed by atoms with van der Waals surface area (Å²) in [6.45, 7) is 2.16. The van der Waals surface area contributed by atoms with E-state index in [2.05, 4.69) is 24.5 Å². The van der Waals surface area contributed by atoms with E-state index in [0.717, 1.165) is 12.5 Å². The van der Waals surface area contributed by atoms with Crippen LogP contribution >= 0.6 is 0 Å². The molecule has 1 N–H and O–H groups in total. The summed E-state index contributed by atoms with van der Waals surface area (Å²) in [7, 11) is 0. The third-order valence-corrected chi connectivity index (χ3v) is 2.04. The van der Waals surface area contributed by atoms with Crippen LogP contribution in [-0.4, -0.2) is 6.04 Å². The Morgan fingerprint density at radius 3 is 2.70 bits per heavy atom. The molecule has 1 saturated carbocycles. The van der Waals surface area contributed by atoms with E-state index < -0.39 is 0 Å². The van der Waals surface area contributed by atoms with Crippen LogP contribution < -0.4 is 5.32 Å². The number of hydrogen-bond donors (Lipinski definition) is 1. The molecule has 0 atom stereocenters. The van der Waals surface area contributed by atoms with E-state index in [-0.39, 0.29) is 0 Å². The quantitative estimate of drug-likeness (QED) is 0.633. The first-order chi connectivity index (χ1) is 4.93. The van der Waals surface area contributed by atoms with E-state index in [9.17, 15) is 0 Å². The third-order valence-electron chi connectivity index (χ3n) is 2.04. The zero-order chi connectivity index (χ0) is 7.23. The first-order valence-electron chi connectivity index (χ1n) is 4.34. The van der Waals surface area contributed by atoms with Gasteiger partial charge in [-0.05, 0) is 25.5 Å². The molecule has 1 aliphatic rings. The van der Waals surface area contributed by atoms with Crippen molar-refractivity contribution in [1.82, 2.24) is 5.32 Å². The van der Waals surface area contributed by atoms with E-state index in [0.29, 0.717) is 0 Å². The Labute approximate surface area is 63.5 Å². The van der Waals surface area contributed by atoms with E-state index >= 15 is 0 Å². The van der Waals surface area contributed by atoms with E-state index in [1.165, 1.54) is 25.7 Å². The van der Waals surface area contributed by atoms with Gasteiger partial charge in [-0.3, -0.25) is 0 Å². The van der Waals surface area contributed by atoms with Crippen LogP contribution in [0.5, 0.6) is 0 Å². The second kappa shape index (κ2) is 4.37. The summed E-state index contributed by atoms with van der Waals surface area (Å²) in [5, 5.41) is 3.40. The Morgan fingerprint density at radius 2 is 2.10 bits per heavy atom. The lowest BCUT2D eigenvalue weighted by atomic mass is 10.2. The molecule has 0 aromatic carbocycles. The zero-order valence-electron chi connectivity index (χ0n) is 6.77. The van der Waals surface area contributed by atoms with Gasteiger partial charge in [0.15, 0.2) is 0 Å². The number of nitrogens with one attached hydrogen (secondary N) is 1. The van der Waals surface area contributed by atoms with Crippen LogP contribution in [-0.2, 0) is 0 Å². The van der Waals surface area contributed by atoms with Crippen LogP contribution in [0, 0.1) is 0 Å². The highest BCUT2D eigenvalue weighted by Crippen LogP contribution is 2.17. The van der Waals surface area contributed by atoms with Gasteiger partial charge in [0.25, 0.3) is 0 Å². The molecule has 0 saturated heterocycles. The zero-order valence-corrected chi connectivity index (χ0v) is 6.77. The molecule has 0 spiro atoms. The predicted octanol–water partition coefficient (Wildman–Crippen LogP) is 2.44. The van der Waals surface area contributed by atoms with E-state index in [4.69, 9.17) is 0 Å². The first-order valence-corrected chi connectivity index (χ1v) is 4.34. The van der Waals surface area contributed by atoms with Crippen LogP contribution in [0.4, 0.5) is 0 Å². The van der Waals surface area contributed by atoms with Crippen molar-refractivity contribution in [2.45, 2.75) is 45.1 Å². The van der Waals surface area contributed by atoms with Crippen molar-refractivity contribution in [1.29, 1.82) is 0 Å². The van der Waals surface area contributed by atoms with Crippen LogP contribution in [0.15, 0.2) is 12.3 Å². The van der Waals surface area contributed by atoms with Gasteiger partial charge in [0.2, 0.25) is 0 Å². The monoisotopic (exact) mass is 139 g/mol. The van der Waals surface area contributed by atoms with Crippen molar-refractivity contribution in [2.24, 2.45) is 0 Å². The molecule has 10 heavy (non-hydrogen) atoms. The summed E-state index contributed by atoms with van der Waals surface area (Å²) in [5.41, 5.74) is 0. The topological polar surface area (TPSA) is 12.0 Å². The Hall–Kier alpha value is -0.460. The van der Waals surface area contributed by atoms with Gasteiger partial charge in [-0.25, -0.2) is 0 Å². The fourth-order valence-corrected chi connectivity index (χ4v) is 1.41. The van der Waals surface area contributed by atoms with Gasteiger partial charge in [0, 0.05) is 6.04 Å². The lowest BCUT2D eigenvalue weighted by Crippen LogP contribution is -2.19. The SMILES string of the molecule is CC/C=C/NC1CCCC1. The highest BCUT2D eigenvalue weighted by molar-refractivity contribution is 4.84. The minimum Gasteiger partial charge on any atom is -0.388 e. The highest BCUT2D eigenvalue weighted by atomic mass is 14.9. The summed E-state index contributed by atoms with van der Waals surface area (Å²) in [4.78, 5) is 0. The summed E-state index contributed by atoms with van der Waals surface area (Å²) in [5.74, 6) is 0. The largest absolute Gasteiger partial charge is 0.388 e. The van der Waals surface area contributed by atoms with Gasteiger partial charge in [0.1, 0.15) is 0 Å². The molecule has 58 valence electrons. The second-order valence-corrected chi connectivity index (χ2v) is 2.96. The molecule has 0 bridgehead atoms. The average molecular weight is 139 g/mol. The molecule has 1 nitrogen and oxygen atoms in total. The Bertz CT molecular complexity index is 101. The fourth-order valence-electron chi connectivity index (χ4n) is 1.41. The van der Waals surface area contributed by atoms with Crippen LogP contribution in [0.1, 0.15) is 39.0 Å². The minimum atomic E-state index is 0.780. The molecule has 0 aromatic rings. The molecule has 0 heterocycles. The van der Waals surface area contributed by atoms with Gasteiger partial charge in [-0.15, -0.1) is 0 Å². The van der Waals surface area contributed by atoms with Gasteiger partial charge in [-0.2, -0.15) is 0 Å². The minimum absolute atomic E-state index is 0.780. The molecule has 0 radical (unpaired) electrons. The van der Waals surface area contributed by atoms with Gasteiger partial charge < -0.3 is 5.32 Å². The van der Waals surface area contributed by atoms with E-state index in [1.807, 2.05) is 0 Å². The van der Waals surface area contributed by atoms with Crippen LogP contribution in [0.3, 0.4) is 0 Å². The molecule has 0 unspecified atom stereocenters. The molecule has 1 rings (SSSR count). The maximum absolute atomic E-state index is 3.40. The third kappa shape index (κ3) is 2.42. The van der Waals surface area contributed by atoms with Crippen molar-refractivity contribution in [3.05, 3.63) is 12.3 Å². The number of rotatable bonds is 3. The fraction of sp³-hybridized carbons (Fsp3) is 0.778. The average Bonchev–Trinajstić information content (AvgIpc) is 2.41. The normalized spacial score (nSPS) is 20.5. The Balaban J connectivity index is 2.06. The van der Waals surface area contributed by atoms with E-state index in [1.54, 1.807) is 0 Å². The molecule has 0 amide bonds. The number of allylic oxidation sites excluding steroid dienone is 1. The van der Waals surface area contributed by atoms with Crippen LogP contribution in [0.25, 0.3) is 0 Å². The Kier molecular flexibility index (Phi) is 3.34. The molecule has 0 aromatic heterocycles. The van der Waals surface area contributed by atoms with Gasteiger partial charge in [-0.1, -0.05) is 25.8 Å². The lowest BCUT2D eigenvalue weighted by Gasteiger charge is -2.07. The summed E-state index contributed by atoms with van der Waals surface area (Å²) in [6, 6.07) is 0.780. The van der Waals surface area contributed by atoms with Crippen molar-refractivity contribution >= 4 is 0 Å². The predicted molar refractivity (Wildman–Crippen MR) is 44.8 cm³/mol. The van der Waals surface area contributed by atoms with Gasteiger partial charge in [0.05, 0.1) is 0 Å². The highest BCUT2D eigenvalue weighted by Gasteiger charge is 2.11. The summed E-state index contributed by atoms with van der Waals surface area (Å²) < 4.78 is 0. The van der Waals surface area contributed by atoms with Crippen molar-refractivity contribution in [2.75, 3.05) is 0 Å². The van der Waals surface area contributed by atoms with Gasteiger partial charge >= 0.3 is 0 Å². The molecular formula is C9H17N. The molecule has 0 aliphatic heterocycles. The number of hydrogen-bond acceptors (Lipinski definition) is 1. The maximum atomic E-state index is 3.40. The van der Waals surface area contributed by atoms with Crippen molar-refractivity contribution < 1.29 is 0 Å². The molecule has 1 heteroatoms. The summed E-state index contributed by atoms with van der Waals surface area (Å²) >= 11 is 0. The Morgan fingerprint density at radius 1 is 1.40 bits per heavy atom.